The topological polar surface area (TPSA) is 39.9 Å². The van der Waals surface area contributed by atoms with Gasteiger partial charge in [-0.05, 0) is 19.8 Å². The lowest BCUT2D eigenvalue weighted by Gasteiger charge is -1.99. The fraction of sp³-hybridized carbons (Fsp3) is 0.778. The van der Waals surface area contributed by atoms with Crippen molar-refractivity contribution >= 4 is 11.6 Å². The number of aromatic nitrogens is 3. The number of unbranched alkanes of at least 4 members (excludes halogenated alkanes) is 1. The molecule has 80 valence electrons. The molecular weight excluding hydrogens is 202 g/mol. The first-order valence-corrected chi connectivity index (χ1v) is 5.20. The Labute approximate surface area is 89.2 Å². The number of aryl methyl sites for hydroxylation is 1. The van der Waals surface area contributed by atoms with Crippen molar-refractivity contribution in [3.8, 4) is 0 Å². The van der Waals surface area contributed by atoms with E-state index in [-0.39, 0.29) is 5.38 Å². The Morgan fingerprint density at radius 1 is 1.57 bits per heavy atom. The van der Waals surface area contributed by atoms with Gasteiger partial charge < -0.3 is 4.74 Å². The van der Waals surface area contributed by atoms with Crippen LogP contribution < -0.4 is 0 Å². The average Bonchev–Trinajstić information content (AvgIpc) is 2.61. The maximum atomic E-state index is 5.86. The molecule has 0 aromatic carbocycles. The molecule has 0 fully saturated rings. The molecule has 0 radical (unpaired) electrons. The second-order valence-corrected chi connectivity index (χ2v) is 3.88. The first-order chi connectivity index (χ1) is 6.74. The summed E-state index contributed by atoms with van der Waals surface area (Å²) in [6, 6.07) is 0. The standard InChI is InChI=1S/C9H16ClN3O/c1-8(10)9-7-13(12-11-9)5-3-4-6-14-2/h7-8H,3-6H2,1-2H3. The Morgan fingerprint density at radius 2 is 2.36 bits per heavy atom. The molecule has 5 heteroatoms. The predicted molar refractivity (Wildman–Crippen MR) is 55.4 cm³/mol. The van der Waals surface area contributed by atoms with E-state index >= 15 is 0 Å². The molecule has 0 aliphatic carbocycles. The molecule has 1 aromatic rings. The van der Waals surface area contributed by atoms with Crippen LogP contribution in [0, 0.1) is 0 Å². The summed E-state index contributed by atoms with van der Waals surface area (Å²) in [5.41, 5.74) is 0.832. The van der Waals surface area contributed by atoms with Crippen LogP contribution in [0.15, 0.2) is 6.20 Å². The molecule has 0 spiro atoms. The first kappa shape index (κ1) is 11.5. The molecule has 14 heavy (non-hydrogen) atoms. The summed E-state index contributed by atoms with van der Waals surface area (Å²) in [6.45, 7) is 3.56. The number of ether oxygens (including phenoxy) is 1. The van der Waals surface area contributed by atoms with Crippen LogP contribution in [0.4, 0.5) is 0 Å². The van der Waals surface area contributed by atoms with Crippen LogP contribution in [0.25, 0.3) is 0 Å². The number of alkyl halides is 1. The second-order valence-electron chi connectivity index (χ2n) is 3.22. The zero-order chi connectivity index (χ0) is 10.4. The van der Waals surface area contributed by atoms with E-state index in [2.05, 4.69) is 10.3 Å². The summed E-state index contributed by atoms with van der Waals surface area (Å²) in [5.74, 6) is 0. The Morgan fingerprint density at radius 3 is 2.93 bits per heavy atom. The van der Waals surface area contributed by atoms with Crippen molar-refractivity contribution in [2.24, 2.45) is 0 Å². The Hall–Kier alpha value is -0.610. The lowest BCUT2D eigenvalue weighted by Crippen LogP contribution is -2.00. The molecular formula is C9H16ClN3O. The lowest BCUT2D eigenvalue weighted by molar-refractivity contribution is 0.191. The van der Waals surface area contributed by atoms with Gasteiger partial charge in [-0.2, -0.15) is 0 Å². The van der Waals surface area contributed by atoms with Crippen LogP contribution in [0.1, 0.15) is 30.8 Å². The van der Waals surface area contributed by atoms with Crippen molar-refractivity contribution in [2.75, 3.05) is 13.7 Å². The Balaban J connectivity index is 2.29. The highest BCUT2D eigenvalue weighted by Gasteiger charge is 2.05. The molecule has 0 N–H and O–H groups in total. The van der Waals surface area contributed by atoms with Crippen LogP contribution in [-0.4, -0.2) is 28.7 Å². The summed E-state index contributed by atoms with van der Waals surface area (Å²) in [5, 5.41) is 7.87. The van der Waals surface area contributed by atoms with E-state index < -0.39 is 0 Å². The third-order valence-electron chi connectivity index (χ3n) is 1.95. The molecule has 1 heterocycles. The fourth-order valence-electron chi connectivity index (χ4n) is 1.13. The van der Waals surface area contributed by atoms with Crippen molar-refractivity contribution in [1.29, 1.82) is 0 Å². The van der Waals surface area contributed by atoms with Gasteiger partial charge in [0.05, 0.1) is 5.38 Å². The normalized spacial score (nSPS) is 13.1. The van der Waals surface area contributed by atoms with Crippen LogP contribution >= 0.6 is 11.6 Å². The van der Waals surface area contributed by atoms with Gasteiger partial charge in [-0.25, -0.2) is 0 Å². The minimum Gasteiger partial charge on any atom is -0.385 e. The highest BCUT2D eigenvalue weighted by molar-refractivity contribution is 6.20. The monoisotopic (exact) mass is 217 g/mol. The summed E-state index contributed by atoms with van der Waals surface area (Å²) >= 11 is 5.86. The van der Waals surface area contributed by atoms with E-state index in [9.17, 15) is 0 Å². The van der Waals surface area contributed by atoms with E-state index in [0.717, 1.165) is 31.7 Å². The van der Waals surface area contributed by atoms with E-state index in [1.165, 1.54) is 0 Å². The quantitative estimate of drug-likeness (QED) is 0.541. The van der Waals surface area contributed by atoms with Gasteiger partial charge in [-0.15, -0.1) is 16.7 Å². The SMILES string of the molecule is COCCCCn1cc(C(C)Cl)nn1. The van der Waals surface area contributed by atoms with Crippen molar-refractivity contribution < 1.29 is 4.74 Å². The molecule has 0 aliphatic heterocycles. The minimum atomic E-state index is -0.0669. The average molecular weight is 218 g/mol. The number of methoxy groups -OCH3 is 1. The van der Waals surface area contributed by atoms with Gasteiger partial charge in [0.2, 0.25) is 0 Å². The van der Waals surface area contributed by atoms with Crippen molar-refractivity contribution in [2.45, 2.75) is 31.7 Å². The maximum absolute atomic E-state index is 5.86. The van der Waals surface area contributed by atoms with Gasteiger partial charge >= 0.3 is 0 Å². The van der Waals surface area contributed by atoms with Gasteiger partial charge in [0, 0.05) is 26.5 Å². The molecule has 1 atom stereocenters. The van der Waals surface area contributed by atoms with E-state index in [1.54, 1.807) is 7.11 Å². The first-order valence-electron chi connectivity index (χ1n) is 4.77. The summed E-state index contributed by atoms with van der Waals surface area (Å²) in [6.07, 6.45) is 3.99. The Bertz CT molecular complexity index is 262. The van der Waals surface area contributed by atoms with Gasteiger partial charge in [0.1, 0.15) is 5.69 Å². The number of nitrogens with zero attached hydrogens (tertiary/aromatic N) is 3. The van der Waals surface area contributed by atoms with Gasteiger partial charge in [0.15, 0.2) is 0 Å². The third-order valence-corrected chi connectivity index (χ3v) is 2.17. The third kappa shape index (κ3) is 3.64. The highest BCUT2D eigenvalue weighted by atomic mass is 35.5. The number of hydrogen-bond acceptors (Lipinski definition) is 3. The van der Waals surface area contributed by atoms with Crippen LogP contribution in [0.5, 0.6) is 0 Å². The van der Waals surface area contributed by atoms with Crippen LogP contribution in [0.2, 0.25) is 0 Å². The zero-order valence-electron chi connectivity index (χ0n) is 8.61. The van der Waals surface area contributed by atoms with Gasteiger partial charge in [-0.1, -0.05) is 5.21 Å². The number of halogens is 1. The van der Waals surface area contributed by atoms with Gasteiger partial charge in [-0.3, -0.25) is 4.68 Å². The minimum absolute atomic E-state index is 0.0669. The summed E-state index contributed by atoms with van der Waals surface area (Å²) in [7, 11) is 1.71. The van der Waals surface area contributed by atoms with Crippen LogP contribution in [0.3, 0.4) is 0 Å². The van der Waals surface area contributed by atoms with Gasteiger partial charge in [0.25, 0.3) is 0 Å². The zero-order valence-corrected chi connectivity index (χ0v) is 9.37. The maximum Gasteiger partial charge on any atom is 0.100 e. The Kier molecular flexibility index (Phi) is 4.90. The molecule has 1 aromatic heterocycles. The number of hydrogen-bond donors (Lipinski definition) is 0. The largest absolute Gasteiger partial charge is 0.385 e. The summed E-state index contributed by atoms with van der Waals surface area (Å²) in [4.78, 5) is 0. The van der Waals surface area contributed by atoms with E-state index in [1.807, 2.05) is 17.8 Å². The molecule has 4 nitrogen and oxygen atoms in total. The van der Waals surface area contributed by atoms with Crippen LogP contribution in [-0.2, 0) is 11.3 Å². The number of rotatable bonds is 6. The van der Waals surface area contributed by atoms with Crippen molar-refractivity contribution in [1.82, 2.24) is 15.0 Å². The molecule has 0 aliphatic rings. The molecule has 0 saturated carbocycles. The van der Waals surface area contributed by atoms with Crippen molar-refractivity contribution in [3.05, 3.63) is 11.9 Å². The fourth-order valence-corrected chi connectivity index (χ4v) is 1.23. The molecule has 0 saturated heterocycles. The van der Waals surface area contributed by atoms with E-state index in [0.29, 0.717) is 0 Å². The molecule has 0 amide bonds. The molecule has 0 bridgehead atoms. The smallest absolute Gasteiger partial charge is 0.100 e. The highest BCUT2D eigenvalue weighted by Crippen LogP contribution is 2.15. The predicted octanol–water partition coefficient (Wildman–Crippen LogP) is 2.00. The lowest BCUT2D eigenvalue weighted by atomic mass is 10.3. The molecule has 1 rings (SSSR count). The van der Waals surface area contributed by atoms with Crippen molar-refractivity contribution in [3.63, 3.8) is 0 Å². The van der Waals surface area contributed by atoms with E-state index in [4.69, 9.17) is 16.3 Å². The summed E-state index contributed by atoms with van der Waals surface area (Å²) < 4.78 is 6.78. The molecule has 1 unspecified atom stereocenters. The second kappa shape index (κ2) is 5.98.